The zero-order chi connectivity index (χ0) is 31.1. The molecule has 0 bridgehead atoms. The predicted octanol–water partition coefficient (Wildman–Crippen LogP) is 12.0. The van der Waals surface area contributed by atoms with Crippen LogP contribution < -0.4 is 0 Å². The molecule has 0 fully saturated rings. The van der Waals surface area contributed by atoms with Crippen molar-refractivity contribution in [2.45, 2.75) is 0 Å². The fraction of sp³-hybridized carbons (Fsp3) is 0. The van der Waals surface area contributed by atoms with Crippen LogP contribution in [0.15, 0.2) is 156 Å². The lowest BCUT2D eigenvalue weighted by molar-refractivity contribution is 0.669. The van der Waals surface area contributed by atoms with Crippen molar-refractivity contribution in [1.82, 2.24) is 9.13 Å². The number of hydrogen-bond acceptors (Lipinski definition) is 1. The number of rotatable bonds is 3. The molecule has 0 aliphatic heterocycles. The van der Waals surface area contributed by atoms with E-state index in [1.165, 1.54) is 21.5 Å². The molecule has 0 saturated carbocycles. The molecule has 10 rings (SSSR count). The average Bonchev–Trinajstić information content (AvgIpc) is 3.79. The summed E-state index contributed by atoms with van der Waals surface area (Å²) in [4.78, 5) is 3.81. The van der Waals surface area contributed by atoms with Gasteiger partial charge in [-0.3, -0.25) is 0 Å². The second-order valence-corrected chi connectivity index (χ2v) is 12.0. The van der Waals surface area contributed by atoms with Gasteiger partial charge in [0.25, 0.3) is 0 Å². The van der Waals surface area contributed by atoms with Gasteiger partial charge in [-0.05, 0) is 60.2 Å². The molecule has 218 valence electrons. The molecule has 3 heterocycles. The van der Waals surface area contributed by atoms with E-state index >= 15 is 0 Å². The normalized spacial score (nSPS) is 11.8. The van der Waals surface area contributed by atoms with Gasteiger partial charge in [0, 0.05) is 43.9 Å². The van der Waals surface area contributed by atoms with Gasteiger partial charge in [-0.1, -0.05) is 97.1 Å². The number of furan rings is 1. The van der Waals surface area contributed by atoms with Crippen molar-refractivity contribution in [1.29, 1.82) is 0 Å². The highest BCUT2D eigenvalue weighted by molar-refractivity contribution is 6.24. The van der Waals surface area contributed by atoms with Crippen molar-refractivity contribution in [3.05, 3.63) is 163 Å². The van der Waals surface area contributed by atoms with Gasteiger partial charge in [-0.2, -0.15) is 0 Å². The maximum atomic E-state index is 7.81. The Bertz CT molecular complexity index is 2860. The average molecular weight is 600 g/mol. The molecular formula is C43H25N3O. The van der Waals surface area contributed by atoms with Gasteiger partial charge in [0.15, 0.2) is 5.69 Å². The van der Waals surface area contributed by atoms with Crippen molar-refractivity contribution >= 4 is 71.2 Å². The number of aromatic nitrogens is 2. The summed E-state index contributed by atoms with van der Waals surface area (Å²) in [7, 11) is 0. The minimum absolute atomic E-state index is 0.615. The van der Waals surface area contributed by atoms with Gasteiger partial charge in [-0.25, -0.2) is 4.85 Å². The molecule has 0 spiro atoms. The van der Waals surface area contributed by atoms with Gasteiger partial charge < -0.3 is 13.6 Å². The molecule has 0 saturated heterocycles. The number of para-hydroxylation sites is 4. The summed E-state index contributed by atoms with van der Waals surface area (Å²) < 4.78 is 11.0. The highest BCUT2D eigenvalue weighted by Crippen LogP contribution is 2.42. The van der Waals surface area contributed by atoms with Crippen LogP contribution >= 0.6 is 0 Å². The van der Waals surface area contributed by atoms with Gasteiger partial charge in [0.05, 0.1) is 34.0 Å². The smallest absolute Gasteiger partial charge is 0.189 e. The summed E-state index contributed by atoms with van der Waals surface area (Å²) in [5.41, 5.74) is 11.2. The van der Waals surface area contributed by atoms with Crippen LogP contribution in [0.2, 0.25) is 0 Å². The first-order chi connectivity index (χ1) is 23.3. The summed E-state index contributed by atoms with van der Waals surface area (Å²) in [5.74, 6) is 0. The molecule has 0 amide bonds. The van der Waals surface area contributed by atoms with E-state index in [1.54, 1.807) is 0 Å². The van der Waals surface area contributed by atoms with Crippen molar-refractivity contribution < 1.29 is 4.42 Å². The van der Waals surface area contributed by atoms with Gasteiger partial charge in [0.2, 0.25) is 0 Å². The van der Waals surface area contributed by atoms with E-state index in [0.29, 0.717) is 5.69 Å². The fourth-order valence-electron chi connectivity index (χ4n) is 7.52. The van der Waals surface area contributed by atoms with Crippen molar-refractivity contribution in [2.24, 2.45) is 0 Å². The highest BCUT2D eigenvalue weighted by atomic mass is 16.3. The van der Waals surface area contributed by atoms with E-state index in [9.17, 15) is 0 Å². The molecule has 0 radical (unpaired) electrons. The predicted molar refractivity (Wildman–Crippen MR) is 194 cm³/mol. The Hall–Kier alpha value is -6.57. The standard InChI is InChI=1S/C43H25N3O/c1-44-28-20-23-30(39(26-28)46-37-15-7-2-10-31(37)32-11-3-8-16-38(32)46)27-18-21-29(22-19-27)45-36-14-6-4-12-33(36)34-24-25-41-42(43(34)45)35-13-5-9-17-40(35)47-41/h2-26H. The Labute approximate surface area is 269 Å². The third kappa shape index (κ3) is 3.63. The summed E-state index contributed by atoms with van der Waals surface area (Å²) in [6.45, 7) is 7.81. The quantitative estimate of drug-likeness (QED) is 0.186. The van der Waals surface area contributed by atoms with Gasteiger partial charge in [0.1, 0.15) is 11.2 Å². The number of nitrogens with zero attached hydrogens (tertiary/aromatic N) is 3. The lowest BCUT2D eigenvalue weighted by atomic mass is 10.0. The summed E-state index contributed by atoms with van der Waals surface area (Å²) in [5, 5.41) is 7.05. The lowest BCUT2D eigenvalue weighted by Gasteiger charge is -2.16. The molecule has 10 aromatic rings. The van der Waals surface area contributed by atoms with Crippen LogP contribution in [0.25, 0.3) is 92.9 Å². The van der Waals surface area contributed by atoms with E-state index in [0.717, 1.165) is 66.5 Å². The monoisotopic (exact) mass is 599 g/mol. The van der Waals surface area contributed by atoms with Crippen LogP contribution in [0.4, 0.5) is 5.69 Å². The maximum absolute atomic E-state index is 7.81. The topological polar surface area (TPSA) is 27.4 Å². The van der Waals surface area contributed by atoms with Gasteiger partial charge in [-0.15, -0.1) is 0 Å². The molecule has 0 atom stereocenters. The molecule has 0 unspecified atom stereocenters. The second-order valence-electron chi connectivity index (χ2n) is 12.0. The van der Waals surface area contributed by atoms with Crippen LogP contribution in [0.1, 0.15) is 0 Å². The summed E-state index contributed by atoms with van der Waals surface area (Å²) in [6, 6.07) is 53.0. The Balaban J connectivity index is 1.21. The first kappa shape index (κ1) is 25.7. The van der Waals surface area contributed by atoms with E-state index in [1.807, 2.05) is 24.3 Å². The molecule has 47 heavy (non-hydrogen) atoms. The van der Waals surface area contributed by atoms with Crippen LogP contribution in [-0.2, 0) is 0 Å². The molecule has 0 aliphatic rings. The third-order valence-corrected chi connectivity index (χ3v) is 9.54. The Kier molecular flexibility index (Phi) is 5.32. The molecular weight excluding hydrogens is 574 g/mol. The van der Waals surface area contributed by atoms with Crippen molar-refractivity contribution in [3.8, 4) is 22.5 Å². The first-order valence-corrected chi connectivity index (χ1v) is 15.7. The third-order valence-electron chi connectivity index (χ3n) is 9.54. The van der Waals surface area contributed by atoms with E-state index in [-0.39, 0.29) is 0 Å². The molecule has 4 heteroatoms. The molecule has 7 aromatic carbocycles. The first-order valence-electron chi connectivity index (χ1n) is 15.7. The van der Waals surface area contributed by atoms with Gasteiger partial charge >= 0.3 is 0 Å². The molecule has 0 aliphatic carbocycles. The van der Waals surface area contributed by atoms with Crippen LogP contribution in [0, 0.1) is 6.57 Å². The van der Waals surface area contributed by atoms with Crippen LogP contribution in [0.5, 0.6) is 0 Å². The SMILES string of the molecule is [C-]#[N+]c1ccc(-c2ccc(-n3c4ccccc4c4ccc5oc6ccccc6c5c43)cc2)c(-n2c3ccccc3c3ccccc32)c1. The van der Waals surface area contributed by atoms with Crippen molar-refractivity contribution in [3.63, 3.8) is 0 Å². The minimum atomic E-state index is 0.615. The van der Waals surface area contributed by atoms with E-state index < -0.39 is 0 Å². The minimum Gasteiger partial charge on any atom is -0.456 e. The number of hydrogen-bond donors (Lipinski definition) is 0. The Morgan fingerprint density at radius 2 is 1.09 bits per heavy atom. The Morgan fingerprint density at radius 3 is 1.77 bits per heavy atom. The fourth-order valence-corrected chi connectivity index (χ4v) is 7.52. The number of fused-ring (bicyclic) bond motifs is 10. The van der Waals surface area contributed by atoms with Crippen LogP contribution in [0.3, 0.4) is 0 Å². The second kappa shape index (κ2) is 9.71. The number of benzene rings is 7. The zero-order valence-corrected chi connectivity index (χ0v) is 25.2. The molecule has 3 aromatic heterocycles. The molecule has 4 nitrogen and oxygen atoms in total. The largest absolute Gasteiger partial charge is 0.456 e. The molecule has 0 N–H and O–H groups in total. The van der Waals surface area contributed by atoms with Crippen molar-refractivity contribution in [2.75, 3.05) is 0 Å². The zero-order valence-electron chi connectivity index (χ0n) is 25.2. The maximum Gasteiger partial charge on any atom is 0.189 e. The van der Waals surface area contributed by atoms with E-state index in [2.05, 4.69) is 141 Å². The summed E-state index contributed by atoms with van der Waals surface area (Å²) in [6.07, 6.45) is 0. The van der Waals surface area contributed by atoms with Crippen LogP contribution in [-0.4, -0.2) is 9.13 Å². The highest BCUT2D eigenvalue weighted by Gasteiger charge is 2.20. The summed E-state index contributed by atoms with van der Waals surface area (Å²) >= 11 is 0. The van der Waals surface area contributed by atoms with E-state index in [4.69, 9.17) is 11.0 Å². The lowest BCUT2D eigenvalue weighted by Crippen LogP contribution is -1.98. The Morgan fingerprint density at radius 1 is 0.489 bits per heavy atom.